The molecular weight excluding hydrogens is 335 g/mol. The highest BCUT2D eigenvalue weighted by atomic mass is 127. The number of phenols is 1. The third-order valence-corrected chi connectivity index (χ3v) is 2.84. The smallest absolute Gasteiger partial charge is 0.171 e. The van der Waals surface area contributed by atoms with Gasteiger partial charge in [-0.25, -0.2) is 4.68 Å². The zero-order chi connectivity index (χ0) is 12.3. The highest BCUT2D eigenvalue weighted by molar-refractivity contribution is 14.1. The predicted molar refractivity (Wildman–Crippen MR) is 70.4 cm³/mol. The van der Waals surface area contributed by atoms with Crippen LogP contribution in [0.25, 0.3) is 0 Å². The summed E-state index contributed by atoms with van der Waals surface area (Å²) in [6.45, 7) is 0. The Morgan fingerprint density at radius 1 is 1.41 bits per heavy atom. The Kier molecular flexibility index (Phi) is 3.57. The van der Waals surface area contributed by atoms with E-state index in [1.807, 2.05) is 22.6 Å². The third-order valence-electron chi connectivity index (χ3n) is 2.02. The molecule has 0 aliphatic rings. The van der Waals surface area contributed by atoms with Gasteiger partial charge < -0.3 is 9.84 Å². The van der Waals surface area contributed by atoms with E-state index >= 15 is 0 Å². The first-order chi connectivity index (χ1) is 8.20. The van der Waals surface area contributed by atoms with Crippen molar-refractivity contribution in [3.8, 4) is 11.5 Å². The monoisotopic (exact) mass is 344 g/mol. The van der Waals surface area contributed by atoms with Gasteiger partial charge in [0, 0.05) is 0 Å². The molecule has 2 aromatic rings. The van der Waals surface area contributed by atoms with Gasteiger partial charge in [0.1, 0.15) is 12.7 Å². The summed E-state index contributed by atoms with van der Waals surface area (Å²) in [6, 6.07) is 3.50. The van der Waals surface area contributed by atoms with Crippen LogP contribution in [0.1, 0.15) is 5.56 Å². The summed E-state index contributed by atoms with van der Waals surface area (Å²) < 4.78 is 7.23. The number of nitrogens with zero attached hydrogens (tertiary/aromatic N) is 4. The quantitative estimate of drug-likeness (QED) is 0.676. The maximum absolute atomic E-state index is 9.67. The second-order valence-electron chi connectivity index (χ2n) is 3.14. The maximum atomic E-state index is 9.67. The number of hydrogen-bond acceptors (Lipinski definition) is 5. The van der Waals surface area contributed by atoms with E-state index in [1.165, 1.54) is 24.4 Å². The second-order valence-corrected chi connectivity index (χ2v) is 4.30. The molecule has 1 N–H and O–H groups in total. The summed E-state index contributed by atoms with van der Waals surface area (Å²) in [4.78, 5) is 0. The maximum Gasteiger partial charge on any atom is 0.171 e. The molecule has 0 unspecified atom stereocenters. The molecule has 0 saturated heterocycles. The Morgan fingerprint density at radius 2 is 2.12 bits per heavy atom. The number of rotatable bonds is 3. The van der Waals surface area contributed by atoms with Crippen LogP contribution in [-0.4, -0.2) is 33.3 Å². The van der Waals surface area contributed by atoms with E-state index in [4.69, 9.17) is 4.74 Å². The molecule has 0 bridgehead atoms. The Morgan fingerprint density at radius 3 is 2.76 bits per heavy atom. The lowest BCUT2D eigenvalue weighted by Crippen LogP contribution is -1.92. The SMILES string of the molecule is COc1cc(/C=N\n2cnnc2)cc(I)c1O. The van der Waals surface area contributed by atoms with Crippen LogP contribution in [0.4, 0.5) is 0 Å². The Hall–Kier alpha value is -1.64. The van der Waals surface area contributed by atoms with Gasteiger partial charge in [0.25, 0.3) is 0 Å². The molecule has 0 fully saturated rings. The molecule has 7 heteroatoms. The van der Waals surface area contributed by atoms with Crippen LogP contribution in [0.5, 0.6) is 11.5 Å². The van der Waals surface area contributed by atoms with Crippen LogP contribution in [0.15, 0.2) is 29.9 Å². The van der Waals surface area contributed by atoms with Crippen molar-refractivity contribution in [3.05, 3.63) is 33.9 Å². The minimum absolute atomic E-state index is 0.134. The van der Waals surface area contributed by atoms with E-state index in [9.17, 15) is 5.11 Å². The highest BCUT2D eigenvalue weighted by Gasteiger charge is 2.07. The molecule has 6 nitrogen and oxygen atoms in total. The standard InChI is InChI=1S/C10H9IN4O2/c1-17-9-3-7(2-8(11)10(9)16)4-14-15-5-12-13-6-15/h2-6,16H,1H3/b14-4-. The van der Waals surface area contributed by atoms with Crippen molar-refractivity contribution in [2.24, 2.45) is 5.10 Å². The van der Waals surface area contributed by atoms with E-state index < -0.39 is 0 Å². The van der Waals surface area contributed by atoms with Crippen molar-refractivity contribution in [3.63, 3.8) is 0 Å². The first-order valence-electron chi connectivity index (χ1n) is 4.66. The molecule has 0 spiro atoms. The van der Waals surface area contributed by atoms with Gasteiger partial charge in [-0.2, -0.15) is 5.10 Å². The molecule has 0 amide bonds. The van der Waals surface area contributed by atoms with Gasteiger partial charge in [0.2, 0.25) is 0 Å². The van der Waals surface area contributed by atoms with Crippen LogP contribution in [0.3, 0.4) is 0 Å². The minimum atomic E-state index is 0.134. The van der Waals surface area contributed by atoms with Crippen LogP contribution >= 0.6 is 22.6 Å². The Bertz CT molecular complexity index is 539. The Labute approximate surface area is 111 Å². The van der Waals surface area contributed by atoms with Crippen molar-refractivity contribution in [1.82, 2.24) is 14.9 Å². The Balaban J connectivity index is 2.30. The molecule has 0 saturated carbocycles. The average Bonchev–Trinajstić information content (AvgIpc) is 2.83. The van der Waals surface area contributed by atoms with Gasteiger partial charge in [-0.05, 0) is 40.3 Å². The van der Waals surface area contributed by atoms with Crippen molar-refractivity contribution in [2.45, 2.75) is 0 Å². The summed E-state index contributed by atoms with van der Waals surface area (Å²) in [5.74, 6) is 0.552. The van der Waals surface area contributed by atoms with Crippen LogP contribution in [0, 0.1) is 3.57 Å². The predicted octanol–water partition coefficient (Wildman–Crippen LogP) is 1.48. The summed E-state index contributed by atoms with van der Waals surface area (Å²) >= 11 is 2.03. The van der Waals surface area contributed by atoms with Gasteiger partial charge in [-0.1, -0.05) is 0 Å². The summed E-state index contributed by atoms with van der Waals surface area (Å²) in [5, 5.41) is 21.0. The van der Waals surface area contributed by atoms with Gasteiger partial charge in [-0.3, -0.25) is 0 Å². The molecule has 17 heavy (non-hydrogen) atoms. The summed E-state index contributed by atoms with van der Waals surface area (Å²) in [7, 11) is 1.51. The summed E-state index contributed by atoms with van der Waals surface area (Å²) in [5.41, 5.74) is 0.817. The van der Waals surface area contributed by atoms with Gasteiger partial charge in [0.15, 0.2) is 11.5 Å². The van der Waals surface area contributed by atoms with Gasteiger partial charge in [-0.15, -0.1) is 10.2 Å². The van der Waals surface area contributed by atoms with Crippen LogP contribution in [-0.2, 0) is 0 Å². The van der Waals surface area contributed by atoms with E-state index in [0.29, 0.717) is 9.32 Å². The highest BCUT2D eigenvalue weighted by Crippen LogP contribution is 2.31. The van der Waals surface area contributed by atoms with E-state index in [0.717, 1.165) is 5.56 Å². The summed E-state index contributed by atoms with van der Waals surface area (Å²) in [6.07, 6.45) is 4.60. The second kappa shape index (κ2) is 5.13. The largest absolute Gasteiger partial charge is 0.504 e. The van der Waals surface area contributed by atoms with E-state index in [2.05, 4.69) is 15.3 Å². The molecule has 0 aliphatic carbocycles. The number of halogens is 1. The zero-order valence-corrected chi connectivity index (χ0v) is 11.1. The number of benzene rings is 1. The number of aromatic nitrogens is 3. The normalized spacial score (nSPS) is 10.9. The van der Waals surface area contributed by atoms with E-state index in [-0.39, 0.29) is 5.75 Å². The van der Waals surface area contributed by atoms with Crippen LogP contribution in [0.2, 0.25) is 0 Å². The molecule has 88 valence electrons. The number of aromatic hydroxyl groups is 1. The topological polar surface area (TPSA) is 72.5 Å². The number of ether oxygens (including phenoxy) is 1. The molecule has 0 aliphatic heterocycles. The van der Waals surface area contributed by atoms with Crippen molar-refractivity contribution >= 4 is 28.8 Å². The fourth-order valence-electron chi connectivity index (χ4n) is 1.21. The first kappa shape index (κ1) is 11.8. The number of methoxy groups -OCH3 is 1. The molecule has 1 aromatic heterocycles. The van der Waals surface area contributed by atoms with Crippen molar-refractivity contribution in [1.29, 1.82) is 0 Å². The molecule has 0 atom stereocenters. The molecular formula is C10H9IN4O2. The lowest BCUT2D eigenvalue weighted by atomic mass is 10.2. The fraction of sp³-hybridized carbons (Fsp3) is 0.100. The molecule has 0 radical (unpaired) electrons. The van der Waals surface area contributed by atoms with Gasteiger partial charge >= 0.3 is 0 Å². The van der Waals surface area contributed by atoms with E-state index in [1.54, 1.807) is 18.3 Å². The average molecular weight is 344 g/mol. The van der Waals surface area contributed by atoms with Crippen molar-refractivity contribution in [2.75, 3.05) is 7.11 Å². The molecule has 2 rings (SSSR count). The number of hydrogen-bond donors (Lipinski definition) is 1. The third kappa shape index (κ3) is 2.73. The van der Waals surface area contributed by atoms with Crippen LogP contribution < -0.4 is 4.74 Å². The number of phenolic OH excluding ortho intramolecular Hbond substituents is 1. The van der Waals surface area contributed by atoms with Crippen molar-refractivity contribution < 1.29 is 9.84 Å². The molecule has 1 heterocycles. The fourth-order valence-corrected chi connectivity index (χ4v) is 1.84. The minimum Gasteiger partial charge on any atom is -0.504 e. The first-order valence-corrected chi connectivity index (χ1v) is 5.74. The lowest BCUT2D eigenvalue weighted by Gasteiger charge is -2.06. The zero-order valence-electron chi connectivity index (χ0n) is 8.91. The van der Waals surface area contributed by atoms with Gasteiger partial charge in [0.05, 0.1) is 16.9 Å². The molecule has 1 aromatic carbocycles. The lowest BCUT2D eigenvalue weighted by molar-refractivity contribution is 0.371.